The van der Waals surface area contributed by atoms with Gasteiger partial charge in [-0.05, 0) is 61.6 Å². The number of benzene rings is 2. The van der Waals surface area contributed by atoms with E-state index in [0.29, 0.717) is 35.4 Å². The maximum Gasteiger partial charge on any atom is 0.232 e. The molecule has 2 aromatic carbocycles. The Hall–Kier alpha value is -2.04. The molecule has 3 fully saturated rings. The number of nitrogens with zero attached hydrogens (tertiary/aromatic N) is 1. The molecule has 5 heteroatoms. The summed E-state index contributed by atoms with van der Waals surface area (Å²) in [5, 5.41) is 3.06. The monoisotopic (exact) mass is 493 g/mol. The Balaban J connectivity index is 1.30. The minimum atomic E-state index is -0.150. The number of rotatable bonds is 3. The number of nitrogens with two attached hydrogens (primary N) is 1. The summed E-state index contributed by atoms with van der Waals surface area (Å²) < 4.78 is 6.02. The average molecular weight is 494 g/mol. The van der Waals surface area contributed by atoms with E-state index in [9.17, 15) is 4.79 Å². The molecule has 3 aliphatic heterocycles. The van der Waals surface area contributed by atoms with E-state index in [1.807, 2.05) is 12.1 Å². The number of carbonyl (C=O) groups is 1. The second kappa shape index (κ2) is 9.78. The van der Waals surface area contributed by atoms with Gasteiger partial charge in [0.2, 0.25) is 5.91 Å². The Morgan fingerprint density at radius 3 is 2.71 bits per heavy atom. The van der Waals surface area contributed by atoms with Crippen LogP contribution in [0.3, 0.4) is 0 Å². The van der Waals surface area contributed by atoms with Crippen LogP contribution in [0.2, 0.25) is 5.02 Å². The predicted octanol–water partition coefficient (Wildman–Crippen LogP) is 4.91. The van der Waals surface area contributed by atoms with Gasteiger partial charge in [0.25, 0.3) is 0 Å². The quantitative estimate of drug-likeness (QED) is 0.660. The van der Waals surface area contributed by atoms with E-state index in [1.165, 1.54) is 43.2 Å². The molecule has 3 heterocycles. The first-order valence-corrected chi connectivity index (χ1v) is 14.1. The van der Waals surface area contributed by atoms with Crippen molar-refractivity contribution in [3.05, 3.63) is 64.7 Å². The SMILES string of the molecule is O=C([C@@H]1C[NH2+]C[C@]12CCOc1cc(Cl)ccc12)N1CC[C@@H](c2ccccc2)C[C@H]1C1CCCCC1. The largest absolute Gasteiger partial charge is 0.493 e. The minimum absolute atomic E-state index is 0.00527. The molecule has 186 valence electrons. The van der Waals surface area contributed by atoms with Crippen molar-refractivity contribution in [1.82, 2.24) is 4.90 Å². The molecule has 2 aromatic rings. The molecule has 0 unspecified atom stereocenters. The summed E-state index contributed by atoms with van der Waals surface area (Å²) in [5.41, 5.74) is 2.48. The van der Waals surface area contributed by atoms with Crippen LogP contribution in [0.1, 0.15) is 68.4 Å². The number of halogens is 1. The normalized spacial score (nSPS) is 31.2. The highest BCUT2D eigenvalue weighted by Crippen LogP contribution is 2.47. The topological polar surface area (TPSA) is 46.1 Å². The zero-order valence-corrected chi connectivity index (χ0v) is 21.4. The predicted molar refractivity (Wildman–Crippen MR) is 139 cm³/mol. The number of hydrogen-bond acceptors (Lipinski definition) is 2. The third-order valence-electron chi connectivity index (χ3n) is 9.55. The highest BCUT2D eigenvalue weighted by Gasteiger charge is 2.55. The van der Waals surface area contributed by atoms with Crippen LogP contribution in [-0.2, 0) is 10.2 Å². The van der Waals surface area contributed by atoms with Crippen LogP contribution in [0, 0.1) is 11.8 Å². The lowest BCUT2D eigenvalue weighted by atomic mass is 9.67. The van der Waals surface area contributed by atoms with Crippen molar-refractivity contribution < 1.29 is 14.8 Å². The van der Waals surface area contributed by atoms with Crippen LogP contribution < -0.4 is 10.1 Å². The van der Waals surface area contributed by atoms with Crippen molar-refractivity contribution in [2.24, 2.45) is 11.8 Å². The molecule has 35 heavy (non-hydrogen) atoms. The molecule has 1 saturated carbocycles. The number of piperidine rings is 1. The second-order valence-corrected chi connectivity index (χ2v) is 11.7. The molecule has 4 atom stereocenters. The summed E-state index contributed by atoms with van der Waals surface area (Å²) in [5.74, 6) is 2.47. The van der Waals surface area contributed by atoms with E-state index in [-0.39, 0.29) is 11.3 Å². The summed E-state index contributed by atoms with van der Waals surface area (Å²) in [4.78, 5) is 16.8. The highest BCUT2D eigenvalue weighted by atomic mass is 35.5. The van der Waals surface area contributed by atoms with E-state index < -0.39 is 0 Å². The van der Waals surface area contributed by atoms with Crippen LogP contribution in [-0.4, -0.2) is 43.1 Å². The molecule has 0 aromatic heterocycles. The minimum Gasteiger partial charge on any atom is -0.493 e. The Morgan fingerprint density at radius 2 is 1.89 bits per heavy atom. The van der Waals surface area contributed by atoms with Gasteiger partial charge in [0.15, 0.2) is 0 Å². The lowest BCUT2D eigenvalue weighted by Crippen LogP contribution is -2.82. The maximum absolute atomic E-state index is 14.5. The number of likely N-dealkylation sites (tertiary alicyclic amines) is 1. The number of hydrogen-bond donors (Lipinski definition) is 1. The zero-order valence-electron chi connectivity index (χ0n) is 20.6. The van der Waals surface area contributed by atoms with Gasteiger partial charge in [0, 0.05) is 23.2 Å². The fourth-order valence-corrected chi connectivity index (χ4v) is 7.92. The van der Waals surface area contributed by atoms with Crippen molar-refractivity contribution in [3.8, 4) is 5.75 Å². The summed E-state index contributed by atoms with van der Waals surface area (Å²) in [6.45, 7) is 3.37. The van der Waals surface area contributed by atoms with Crippen molar-refractivity contribution in [3.63, 3.8) is 0 Å². The van der Waals surface area contributed by atoms with E-state index in [1.54, 1.807) is 0 Å². The van der Waals surface area contributed by atoms with E-state index in [0.717, 1.165) is 44.6 Å². The third kappa shape index (κ3) is 4.27. The van der Waals surface area contributed by atoms with Gasteiger partial charge >= 0.3 is 0 Å². The molecule has 2 saturated heterocycles. The van der Waals surface area contributed by atoms with Gasteiger partial charge in [-0.2, -0.15) is 0 Å². The van der Waals surface area contributed by atoms with E-state index in [2.05, 4.69) is 46.6 Å². The Kier molecular flexibility index (Phi) is 6.53. The van der Waals surface area contributed by atoms with E-state index in [4.69, 9.17) is 16.3 Å². The number of amides is 1. The van der Waals surface area contributed by atoms with Gasteiger partial charge < -0.3 is 15.0 Å². The average Bonchev–Trinajstić information content (AvgIpc) is 3.32. The Morgan fingerprint density at radius 1 is 1.06 bits per heavy atom. The Labute approximate surface area is 214 Å². The number of carbonyl (C=O) groups excluding carboxylic acids is 1. The molecule has 2 N–H and O–H groups in total. The van der Waals surface area contributed by atoms with Gasteiger partial charge in [-0.15, -0.1) is 0 Å². The first-order chi connectivity index (χ1) is 17.2. The summed E-state index contributed by atoms with van der Waals surface area (Å²) in [6.07, 6.45) is 9.59. The molecule has 1 amide bonds. The summed E-state index contributed by atoms with van der Waals surface area (Å²) in [6, 6.07) is 17.4. The van der Waals surface area contributed by atoms with Crippen molar-refractivity contribution in [2.75, 3.05) is 26.2 Å². The van der Waals surface area contributed by atoms with E-state index >= 15 is 0 Å². The van der Waals surface area contributed by atoms with Crippen LogP contribution in [0.5, 0.6) is 5.75 Å². The summed E-state index contributed by atoms with van der Waals surface area (Å²) in [7, 11) is 0. The molecular formula is C30H38ClN2O2+. The maximum atomic E-state index is 14.5. The standard InChI is InChI=1S/C30H37ClN2O2/c31-24-11-12-25-28(18-24)35-16-14-30(25)20-32-19-26(30)29(34)33-15-13-23(21-7-3-1-4-8-21)17-27(33)22-9-5-2-6-10-22/h1,3-4,7-8,11-12,18,22-23,26-27,32H,2,5-6,9-10,13-17,19-20H2/p+1/t23-,26+,27+,30+/m1/s1. The lowest BCUT2D eigenvalue weighted by Gasteiger charge is -2.47. The molecule has 1 spiro atoms. The molecule has 1 aliphatic carbocycles. The van der Waals surface area contributed by atoms with Gasteiger partial charge in [0.05, 0.1) is 25.1 Å². The molecular weight excluding hydrogens is 456 g/mol. The van der Waals surface area contributed by atoms with Crippen molar-refractivity contribution >= 4 is 17.5 Å². The van der Waals surface area contributed by atoms with Gasteiger partial charge in [0.1, 0.15) is 11.7 Å². The van der Waals surface area contributed by atoms with Gasteiger partial charge in [-0.1, -0.05) is 67.3 Å². The lowest BCUT2D eigenvalue weighted by molar-refractivity contribution is -0.640. The third-order valence-corrected chi connectivity index (χ3v) is 9.79. The smallest absolute Gasteiger partial charge is 0.232 e. The summed E-state index contributed by atoms with van der Waals surface area (Å²) >= 11 is 6.30. The fraction of sp³-hybridized carbons (Fsp3) is 0.567. The number of ether oxygens (including phenoxy) is 1. The number of fused-ring (bicyclic) bond motifs is 2. The highest BCUT2D eigenvalue weighted by molar-refractivity contribution is 6.30. The van der Waals surface area contributed by atoms with Gasteiger partial charge in [-0.25, -0.2) is 0 Å². The Bertz CT molecular complexity index is 1050. The van der Waals surface area contributed by atoms with Crippen LogP contribution in [0.25, 0.3) is 0 Å². The van der Waals surface area contributed by atoms with Crippen molar-refractivity contribution in [1.29, 1.82) is 0 Å². The van der Waals surface area contributed by atoms with Crippen LogP contribution in [0.4, 0.5) is 0 Å². The number of quaternary nitrogens is 1. The van der Waals surface area contributed by atoms with Gasteiger partial charge in [-0.3, -0.25) is 4.79 Å². The molecule has 4 nitrogen and oxygen atoms in total. The van der Waals surface area contributed by atoms with Crippen LogP contribution in [0.15, 0.2) is 48.5 Å². The second-order valence-electron chi connectivity index (χ2n) is 11.3. The molecule has 4 aliphatic rings. The van der Waals surface area contributed by atoms with Crippen LogP contribution >= 0.6 is 11.6 Å². The fourth-order valence-electron chi connectivity index (χ4n) is 7.76. The zero-order chi connectivity index (χ0) is 23.8. The first kappa shape index (κ1) is 23.4. The van der Waals surface area contributed by atoms with Crippen molar-refractivity contribution in [2.45, 2.75) is 68.7 Å². The molecule has 0 bridgehead atoms. The molecule has 0 radical (unpaired) electrons. The molecule has 6 rings (SSSR count). The first-order valence-electron chi connectivity index (χ1n) is 13.8.